The third-order valence-electron chi connectivity index (χ3n) is 4.46. The van der Waals surface area contributed by atoms with Crippen LogP contribution in [0.15, 0.2) is 11.6 Å². The minimum absolute atomic E-state index is 0.0452. The third kappa shape index (κ3) is 8.43. The van der Waals surface area contributed by atoms with Crippen molar-refractivity contribution < 1.29 is 28.6 Å². The lowest BCUT2D eigenvalue weighted by Gasteiger charge is -2.38. The number of esters is 1. The van der Waals surface area contributed by atoms with Crippen LogP contribution in [-0.4, -0.2) is 54.5 Å². The molecule has 0 spiro atoms. The van der Waals surface area contributed by atoms with Crippen LogP contribution in [0.3, 0.4) is 0 Å². The number of carbonyl (C=O) groups excluding carboxylic acids is 3. The van der Waals surface area contributed by atoms with Gasteiger partial charge in [-0.2, -0.15) is 0 Å². The molecule has 0 radical (unpaired) electrons. The molecule has 1 rings (SSSR count). The van der Waals surface area contributed by atoms with E-state index in [4.69, 9.17) is 14.2 Å². The second kappa shape index (κ2) is 11.2. The van der Waals surface area contributed by atoms with E-state index in [1.165, 1.54) is 6.92 Å². The van der Waals surface area contributed by atoms with Gasteiger partial charge in [0.25, 0.3) is 0 Å². The van der Waals surface area contributed by atoms with E-state index < -0.39 is 35.9 Å². The van der Waals surface area contributed by atoms with Crippen LogP contribution in [0.4, 0.5) is 4.79 Å². The predicted octanol–water partition coefficient (Wildman–Crippen LogP) is 2.85. The first-order valence-corrected chi connectivity index (χ1v) is 10.3. The number of carbonyl (C=O) groups is 3. The number of hydrogen-bond acceptors (Lipinski definition) is 6. The van der Waals surface area contributed by atoms with Gasteiger partial charge in [-0.3, -0.25) is 4.79 Å². The minimum atomic E-state index is -0.673. The van der Waals surface area contributed by atoms with Crippen LogP contribution in [0.5, 0.6) is 0 Å². The average Bonchev–Trinajstić information content (AvgIpc) is 2.59. The summed E-state index contributed by atoms with van der Waals surface area (Å²) in [7, 11) is 0. The first kappa shape index (κ1) is 24.9. The number of amides is 2. The van der Waals surface area contributed by atoms with Gasteiger partial charge < -0.3 is 24.8 Å². The van der Waals surface area contributed by atoms with Gasteiger partial charge >= 0.3 is 12.1 Å². The average molecular weight is 412 g/mol. The first-order valence-electron chi connectivity index (χ1n) is 10.3. The van der Waals surface area contributed by atoms with Gasteiger partial charge in [-0.25, -0.2) is 9.59 Å². The van der Waals surface area contributed by atoms with Crippen LogP contribution >= 0.6 is 0 Å². The van der Waals surface area contributed by atoms with E-state index in [9.17, 15) is 14.4 Å². The van der Waals surface area contributed by atoms with E-state index in [1.807, 2.05) is 13.8 Å². The van der Waals surface area contributed by atoms with Crippen molar-refractivity contribution >= 4 is 18.0 Å². The van der Waals surface area contributed by atoms with Crippen molar-refractivity contribution in [2.45, 2.75) is 97.6 Å². The molecule has 0 aromatic rings. The molecule has 2 N–H and O–H groups in total. The van der Waals surface area contributed by atoms with Crippen LogP contribution in [-0.2, 0) is 23.8 Å². The molecule has 1 aliphatic rings. The molecule has 0 heterocycles. The van der Waals surface area contributed by atoms with Crippen LogP contribution in [0.2, 0.25) is 0 Å². The Morgan fingerprint density at radius 1 is 1.14 bits per heavy atom. The Balaban J connectivity index is 3.20. The molecule has 0 saturated heterocycles. The van der Waals surface area contributed by atoms with Crippen molar-refractivity contribution in [2.75, 3.05) is 6.61 Å². The van der Waals surface area contributed by atoms with Gasteiger partial charge in [0, 0.05) is 18.9 Å². The largest absolute Gasteiger partial charge is 0.463 e. The summed E-state index contributed by atoms with van der Waals surface area (Å²) in [5.41, 5.74) is -0.265. The molecule has 0 unspecified atom stereocenters. The van der Waals surface area contributed by atoms with Crippen molar-refractivity contribution in [3.63, 3.8) is 0 Å². The van der Waals surface area contributed by atoms with Gasteiger partial charge in [0.15, 0.2) is 0 Å². The van der Waals surface area contributed by atoms with Crippen LogP contribution in [0.25, 0.3) is 0 Å². The van der Waals surface area contributed by atoms with E-state index in [0.29, 0.717) is 5.57 Å². The zero-order valence-corrected chi connectivity index (χ0v) is 18.7. The normalized spacial score (nSPS) is 21.9. The van der Waals surface area contributed by atoms with Crippen molar-refractivity contribution in [3.8, 4) is 0 Å². The zero-order valence-electron chi connectivity index (χ0n) is 18.7. The summed E-state index contributed by atoms with van der Waals surface area (Å²) >= 11 is 0. The number of ether oxygens (including phenoxy) is 3. The standard InChI is InChI=1S/C21H36N2O6/c1-8-15(9-2)28-17-12-14(19(25)27-10-3)11-16(18(17)22-13(4)24)23-20(26)29-21(5,6)7/h12,15-18H,8-11H2,1-7H3,(H,22,24)(H,23,26)/t16-,17+,18+/m0/s1/i13-1. The maximum absolute atomic E-state index is 12.4. The summed E-state index contributed by atoms with van der Waals surface area (Å²) in [5, 5.41) is 5.66. The van der Waals surface area contributed by atoms with Crippen molar-refractivity contribution in [1.82, 2.24) is 10.6 Å². The summed E-state index contributed by atoms with van der Waals surface area (Å²) < 4.78 is 16.7. The van der Waals surface area contributed by atoms with Crippen molar-refractivity contribution in [1.29, 1.82) is 0 Å². The third-order valence-corrected chi connectivity index (χ3v) is 4.46. The van der Waals surface area contributed by atoms with Gasteiger partial charge in [0.1, 0.15) is 5.60 Å². The highest BCUT2D eigenvalue weighted by molar-refractivity contribution is 5.89. The Morgan fingerprint density at radius 2 is 1.76 bits per heavy atom. The molecule has 8 nitrogen and oxygen atoms in total. The van der Waals surface area contributed by atoms with E-state index in [2.05, 4.69) is 10.6 Å². The summed E-state index contributed by atoms with van der Waals surface area (Å²) in [6, 6.07) is -1.13. The molecule has 0 aromatic carbocycles. The predicted molar refractivity (Wildman–Crippen MR) is 109 cm³/mol. The van der Waals surface area contributed by atoms with Crippen LogP contribution < -0.4 is 10.6 Å². The minimum Gasteiger partial charge on any atom is -0.463 e. The number of alkyl carbamates (subject to hydrolysis) is 1. The van der Waals surface area contributed by atoms with Crippen LogP contribution in [0, 0.1) is 0 Å². The van der Waals surface area contributed by atoms with Crippen molar-refractivity contribution in [2.24, 2.45) is 0 Å². The second-order valence-corrected chi connectivity index (χ2v) is 8.13. The Hall–Kier alpha value is -2.09. The fourth-order valence-electron chi connectivity index (χ4n) is 3.18. The topological polar surface area (TPSA) is 103 Å². The molecular formula is C21H36N2O6. The Morgan fingerprint density at radius 3 is 2.24 bits per heavy atom. The molecule has 1 aliphatic carbocycles. The Bertz CT molecular complexity index is 607. The molecular weight excluding hydrogens is 375 g/mol. The van der Waals surface area contributed by atoms with E-state index in [-0.39, 0.29) is 25.0 Å². The SMILES string of the molecule is CCOC(=O)C1=C[C@@H](OC(CC)CC)[C@H](N[11C](C)=O)[C@@H](NC(=O)OC(C)(C)C)C1. The fourth-order valence-corrected chi connectivity index (χ4v) is 3.18. The molecule has 29 heavy (non-hydrogen) atoms. The molecule has 0 bridgehead atoms. The number of hydrogen-bond donors (Lipinski definition) is 2. The lowest BCUT2D eigenvalue weighted by molar-refractivity contribution is -0.139. The monoisotopic (exact) mass is 411 g/mol. The van der Waals surface area contributed by atoms with Crippen LogP contribution in [0.1, 0.15) is 67.7 Å². The smallest absolute Gasteiger partial charge is 0.407 e. The van der Waals surface area contributed by atoms with E-state index in [1.54, 1.807) is 33.8 Å². The number of rotatable bonds is 8. The van der Waals surface area contributed by atoms with Gasteiger partial charge in [-0.05, 0) is 46.6 Å². The quantitative estimate of drug-likeness (QED) is 0.596. The summed E-state index contributed by atoms with van der Waals surface area (Å²) in [5.74, 6) is -0.708. The molecule has 0 fully saturated rings. The Kier molecular flexibility index (Phi) is 9.62. The lowest BCUT2D eigenvalue weighted by atomic mass is 9.85. The maximum atomic E-state index is 12.4. The Labute approximate surface area is 173 Å². The lowest BCUT2D eigenvalue weighted by Crippen LogP contribution is -2.60. The highest BCUT2D eigenvalue weighted by Crippen LogP contribution is 2.25. The number of nitrogens with one attached hydrogen (secondary N) is 2. The van der Waals surface area contributed by atoms with Gasteiger partial charge in [0.05, 0.1) is 30.9 Å². The van der Waals surface area contributed by atoms with Crippen molar-refractivity contribution in [3.05, 3.63) is 11.6 Å². The highest BCUT2D eigenvalue weighted by Gasteiger charge is 2.39. The molecule has 0 aromatic heterocycles. The first-order chi connectivity index (χ1) is 13.5. The molecule has 8 heteroatoms. The summed E-state index contributed by atoms with van der Waals surface area (Å²) in [6.45, 7) is 12.7. The molecule has 2 amide bonds. The molecule has 3 atom stereocenters. The summed E-state index contributed by atoms with van der Waals surface area (Å²) in [4.78, 5) is 36.6. The fraction of sp³-hybridized carbons (Fsp3) is 0.762. The molecule has 0 aliphatic heterocycles. The van der Waals surface area contributed by atoms with E-state index >= 15 is 0 Å². The maximum Gasteiger partial charge on any atom is 0.407 e. The highest BCUT2D eigenvalue weighted by atomic mass is 16.6. The van der Waals surface area contributed by atoms with Gasteiger partial charge in [-0.1, -0.05) is 13.8 Å². The zero-order chi connectivity index (χ0) is 22.2. The molecule has 166 valence electrons. The van der Waals surface area contributed by atoms with E-state index in [0.717, 1.165) is 12.8 Å². The molecule has 0 saturated carbocycles. The van der Waals surface area contributed by atoms with Gasteiger partial charge in [0.2, 0.25) is 5.91 Å². The summed E-state index contributed by atoms with van der Waals surface area (Å²) in [6.07, 6.45) is 2.21. The van der Waals surface area contributed by atoms with Gasteiger partial charge in [-0.15, -0.1) is 0 Å². The second-order valence-electron chi connectivity index (χ2n) is 8.13.